The molecule has 6 nitrogen and oxygen atoms in total. The van der Waals surface area contributed by atoms with Crippen molar-refractivity contribution in [3.8, 4) is 17.0 Å². The van der Waals surface area contributed by atoms with E-state index in [1.165, 1.54) is 12.4 Å². The standard InChI is InChI=1S/C11H8ClN5O.C3H6/c12-6-2-1-5(3-7(6)18)9-8-10(13)14-4-15-11(8)17-16-9;1-3-2/h1-4,18H,(H3,13,14,15,16,17);3H,1H2,2H3. The van der Waals surface area contributed by atoms with Crippen LogP contribution >= 0.6 is 11.6 Å². The minimum Gasteiger partial charge on any atom is -0.506 e. The number of nitrogens with two attached hydrogens (primary N) is 1. The zero-order valence-electron chi connectivity index (χ0n) is 11.3. The number of aromatic nitrogens is 4. The molecule has 0 aliphatic carbocycles. The maximum Gasteiger partial charge on any atom is 0.186 e. The number of nitrogen functional groups attached to an aromatic ring is 1. The number of phenolic OH excluding ortho intramolecular Hbond substituents is 1. The maximum absolute atomic E-state index is 9.61. The van der Waals surface area contributed by atoms with Crippen LogP contribution in [0.25, 0.3) is 22.3 Å². The summed E-state index contributed by atoms with van der Waals surface area (Å²) in [6.07, 6.45) is 3.10. The number of fused-ring (bicyclic) bond motifs is 1. The molecule has 0 saturated carbocycles. The van der Waals surface area contributed by atoms with Crippen molar-refractivity contribution in [3.63, 3.8) is 0 Å². The molecule has 0 aliphatic heterocycles. The maximum atomic E-state index is 9.61. The van der Waals surface area contributed by atoms with Crippen LogP contribution in [0.2, 0.25) is 5.02 Å². The topological polar surface area (TPSA) is 101 Å². The highest BCUT2D eigenvalue weighted by molar-refractivity contribution is 6.32. The molecule has 0 saturated heterocycles. The van der Waals surface area contributed by atoms with Crippen LogP contribution < -0.4 is 5.73 Å². The fraction of sp³-hybridized carbons (Fsp3) is 0.0714. The highest BCUT2D eigenvalue weighted by Gasteiger charge is 2.13. The molecule has 3 rings (SSSR count). The molecule has 2 heterocycles. The van der Waals surface area contributed by atoms with E-state index in [9.17, 15) is 5.11 Å². The van der Waals surface area contributed by atoms with Gasteiger partial charge >= 0.3 is 0 Å². The third kappa shape index (κ3) is 2.95. The zero-order valence-corrected chi connectivity index (χ0v) is 12.1. The van der Waals surface area contributed by atoms with E-state index >= 15 is 0 Å². The Kier molecular flexibility index (Phi) is 4.39. The van der Waals surface area contributed by atoms with Gasteiger partial charge in [0.1, 0.15) is 17.9 Å². The van der Waals surface area contributed by atoms with Crippen molar-refractivity contribution in [3.05, 3.63) is 42.2 Å². The SMILES string of the molecule is C=CC.Nc1ncnc2n[nH]c(-c3ccc(Cl)c(O)c3)c12. The third-order valence-electron chi connectivity index (χ3n) is 2.62. The molecule has 0 spiro atoms. The Morgan fingerprint density at radius 2 is 2.10 bits per heavy atom. The molecule has 4 N–H and O–H groups in total. The summed E-state index contributed by atoms with van der Waals surface area (Å²) in [5, 5.41) is 17.4. The molecule has 7 heteroatoms. The first kappa shape index (κ1) is 14.8. The van der Waals surface area contributed by atoms with E-state index in [0.29, 0.717) is 28.1 Å². The van der Waals surface area contributed by atoms with Crippen molar-refractivity contribution in [2.75, 3.05) is 5.73 Å². The number of nitrogens with zero attached hydrogens (tertiary/aromatic N) is 3. The molecule has 3 aromatic rings. The lowest BCUT2D eigenvalue weighted by Gasteiger charge is -2.02. The quantitative estimate of drug-likeness (QED) is 0.599. The predicted octanol–water partition coefficient (Wildman–Crippen LogP) is 3.15. The summed E-state index contributed by atoms with van der Waals surface area (Å²) in [4.78, 5) is 7.93. The number of aromatic amines is 1. The van der Waals surface area contributed by atoms with E-state index < -0.39 is 0 Å². The first-order chi connectivity index (χ1) is 10.1. The molecule has 0 fully saturated rings. The molecule has 0 radical (unpaired) electrons. The highest BCUT2D eigenvalue weighted by Crippen LogP contribution is 2.33. The van der Waals surface area contributed by atoms with E-state index in [2.05, 4.69) is 26.7 Å². The van der Waals surface area contributed by atoms with Crippen molar-refractivity contribution in [2.45, 2.75) is 6.92 Å². The summed E-state index contributed by atoms with van der Waals surface area (Å²) in [5.41, 5.74) is 7.64. The van der Waals surface area contributed by atoms with Gasteiger partial charge in [-0.3, -0.25) is 5.10 Å². The monoisotopic (exact) mass is 303 g/mol. The fourth-order valence-electron chi connectivity index (χ4n) is 1.76. The minimum absolute atomic E-state index is 0.00709. The lowest BCUT2D eigenvalue weighted by molar-refractivity contribution is 0.476. The Hall–Kier alpha value is -2.60. The second-order valence-corrected chi connectivity index (χ2v) is 4.54. The molecular formula is C14H14ClN5O. The normalized spacial score (nSPS) is 10.0. The number of aromatic hydroxyl groups is 1. The number of allylic oxidation sites excluding steroid dienone is 1. The van der Waals surface area contributed by atoms with Crippen LogP contribution in [0.15, 0.2) is 37.2 Å². The fourth-order valence-corrected chi connectivity index (χ4v) is 1.87. The molecule has 0 bridgehead atoms. The minimum atomic E-state index is -0.00709. The molecule has 108 valence electrons. The molecule has 1 aromatic carbocycles. The van der Waals surface area contributed by atoms with E-state index in [0.717, 1.165) is 0 Å². The molecule has 0 atom stereocenters. The second-order valence-electron chi connectivity index (χ2n) is 4.13. The number of anilines is 1. The summed E-state index contributed by atoms with van der Waals surface area (Å²) < 4.78 is 0. The number of nitrogens with one attached hydrogen (secondary N) is 1. The molecule has 21 heavy (non-hydrogen) atoms. The van der Waals surface area contributed by atoms with Crippen molar-refractivity contribution >= 4 is 28.5 Å². The van der Waals surface area contributed by atoms with Crippen LogP contribution in [0.1, 0.15) is 6.92 Å². The number of hydrogen-bond donors (Lipinski definition) is 3. The number of benzene rings is 1. The first-order valence-electron chi connectivity index (χ1n) is 6.09. The van der Waals surface area contributed by atoms with E-state index in [1.807, 2.05) is 6.92 Å². The molecule has 0 unspecified atom stereocenters. The average molecular weight is 304 g/mol. The Labute approximate surface area is 126 Å². The van der Waals surface area contributed by atoms with Crippen molar-refractivity contribution < 1.29 is 5.11 Å². The second kappa shape index (κ2) is 6.23. The van der Waals surface area contributed by atoms with Crippen LogP contribution in [0, 0.1) is 0 Å². The predicted molar refractivity (Wildman–Crippen MR) is 84.1 cm³/mol. The Balaban J connectivity index is 0.000000497. The van der Waals surface area contributed by atoms with Gasteiger partial charge in [-0.2, -0.15) is 5.10 Å². The highest BCUT2D eigenvalue weighted by atomic mass is 35.5. The summed E-state index contributed by atoms with van der Waals surface area (Å²) in [6.45, 7) is 5.25. The first-order valence-corrected chi connectivity index (χ1v) is 6.46. The van der Waals surface area contributed by atoms with Gasteiger partial charge in [0.05, 0.1) is 16.1 Å². The van der Waals surface area contributed by atoms with E-state index in [4.69, 9.17) is 17.3 Å². The van der Waals surface area contributed by atoms with Gasteiger partial charge in [0, 0.05) is 5.56 Å². The number of rotatable bonds is 1. The number of hydrogen-bond acceptors (Lipinski definition) is 5. The van der Waals surface area contributed by atoms with Crippen LogP contribution in [0.3, 0.4) is 0 Å². The number of H-pyrrole nitrogens is 1. The summed E-state index contributed by atoms with van der Waals surface area (Å²) in [7, 11) is 0. The lowest BCUT2D eigenvalue weighted by Crippen LogP contribution is -1.92. The Morgan fingerprint density at radius 1 is 1.38 bits per heavy atom. The Bertz CT molecular complexity index is 784. The van der Waals surface area contributed by atoms with E-state index in [-0.39, 0.29) is 10.8 Å². The molecule has 2 aromatic heterocycles. The lowest BCUT2D eigenvalue weighted by atomic mass is 10.1. The van der Waals surface area contributed by atoms with Gasteiger partial charge in [-0.05, 0) is 19.1 Å². The van der Waals surface area contributed by atoms with Gasteiger partial charge < -0.3 is 10.8 Å². The van der Waals surface area contributed by atoms with Crippen LogP contribution in [0.5, 0.6) is 5.75 Å². The Morgan fingerprint density at radius 3 is 2.76 bits per heavy atom. The third-order valence-corrected chi connectivity index (χ3v) is 2.93. The van der Waals surface area contributed by atoms with Crippen LogP contribution in [-0.4, -0.2) is 25.3 Å². The summed E-state index contributed by atoms with van der Waals surface area (Å²) >= 11 is 5.77. The smallest absolute Gasteiger partial charge is 0.186 e. The average Bonchev–Trinajstić information content (AvgIpc) is 2.88. The van der Waals surface area contributed by atoms with Crippen LogP contribution in [-0.2, 0) is 0 Å². The number of halogens is 1. The van der Waals surface area contributed by atoms with Gasteiger partial charge in [-0.25, -0.2) is 9.97 Å². The molecular weight excluding hydrogens is 290 g/mol. The largest absolute Gasteiger partial charge is 0.506 e. The van der Waals surface area contributed by atoms with Crippen LogP contribution in [0.4, 0.5) is 5.82 Å². The van der Waals surface area contributed by atoms with Crippen molar-refractivity contribution in [1.29, 1.82) is 0 Å². The van der Waals surface area contributed by atoms with Gasteiger partial charge in [-0.15, -0.1) is 6.58 Å². The molecule has 0 aliphatic rings. The summed E-state index contributed by atoms with van der Waals surface area (Å²) in [5.74, 6) is 0.325. The van der Waals surface area contributed by atoms with Crippen molar-refractivity contribution in [2.24, 2.45) is 0 Å². The van der Waals surface area contributed by atoms with E-state index in [1.54, 1.807) is 18.2 Å². The summed E-state index contributed by atoms with van der Waals surface area (Å²) in [6, 6.07) is 4.88. The van der Waals surface area contributed by atoms with Gasteiger partial charge in [0.15, 0.2) is 5.65 Å². The van der Waals surface area contributed by atoms with Crippen molar-refractivity contribution in [1.82, 2.24) is 20.2 Å². The van der Waals surface area contributed by atoms with Gasteiger partial charge in [0.25, 0.3) is 0 Å². The zero-order chi connectivity index (χ0) is 15.4. The van der Waals surface area contributed by atoms with Gasteiger partial charge in [0.2, 0.25) is 0 Å². The van der Waals surface area contributed by atoms with Gasteiger partial charge in [-0.1, -0.05) is 23.7 Å². The molecule has 0 amide bonds. The number of phenols is 1.